The molecule has 0 aliphatic heterocycles. The molecule has 2 rings (SSSR count). The fraction of sp³-hybridized carbons (Fsp3) is 0.0769. The molecule has 0 saturated heterocycles. The number of rotatable bonds is 3. The van der Waals surface area contributed by atoms with Crippen molar-refractivity contribution in [3.63, 3.8) is 0 Å². The molecule has 0 saturated carbocycles. The zero-order chi connectivity index (χ0) is 14.9. The Kier molecular flexibility index (Phi) is 4.36. The van der Waals surface area contributed by atoms with Crippen molar-refractivity contribution >= 4 is 43.2 Å². The number of hydrogen-bond donors (Lipinski definition) is 1. The zero-order valence-corrected chi connectivity index (χ0v) is 13.5. The molecule has 1 N–H and O–H groups in total. The van der Waals surface area contributed by atoms with E-state index >= 15 is 0 Å². The molecule has 3 nitrogen and oxygen atoms in total. The van der Waals surface area contributed by atoms with E-state index in [2.05, 4.69) is 20.7 Å². The summed E-state index contributed by atoms with van der Waals surface area (Å²) < 4.78 is 40.8. The van der Waals surface area contributed by atoms with Gasteiger partial charge in [0, 0.05) is 4.47 Å². The maximum atomic E-state index is 13.8. The van der Waals surface area contributed by atoms with Crippen LogP contribution in [0.1, 0.15) is 5.56 Å². The number of aryl methyl sites for hydroxylation is 1. The number of hydrogen-bond acceptors (Lipinski definition) is 2. The highest BCUT2D eigenvalue weighted by atomic mass is 79.9. The van der Waals surface area contributed by atoms with Crippen molar-refractivity contribution in [3.05, 3.63) is 57.3 Å². The molecule has 0 heterocycles. The Morgan fingerprint density at radius 1 is 1.20 bits per heavy atom. The third kappa shape index (κ3) is 3.31. The predicted octanol–water partition coefficient (Wildman–Crippen LogP) is 4.35. The second-order valence-electron chi connectivity index (χ2n) is 4.17. The summed E-state index contributed by atoms with van der Waals surface area (Å²) in [6.45, 7) is 1.84. The van der Waals surface area contributed by atoms with E-state index in [0.29, 0.717) is 4.47 Å². The van der Waals surface area contributed by atoms with E-state index in [-0.39, 0.29) is 15.6 Å². The molecule has 0 aliphatic carbocycles. The zero-order valence-electron chi connectivity index (χ0n) is 10.3. The Labute approximate surface area is 130 Å². The molecule has 0 bridgehead atoms. The van der Waals surface area contributed by atoms with Gasteiger partial charge in [-0.3, -0.25) is 4.72 Å². The van der Waals surface area contributed by atoms with Gasteiger partial charge in [-0.05, 0) is 31.2 Å². The highest BCUT2D eigenvalue weighted by molar-refractivity contribution is 9.10. The number of anilines is 1. The monoisotopic (exact) mass is 377 g/mol. The molecule has 0 amide bonds. The minimum atomic E-state index is -3.86. The van der Waals surface area contributed by atoms with E-state index in [0.717, 1.165) is 5.56 Å². The first-order valence-electron chi connectivity index (χ1n) is 5.53. The van der Waals surface area contributed by atoms with Gasteiger partial charge in [-0.2, -0.15) is 0 Å². The molecule has 0 aliphatic rings. The summed E-state index contributed by atoms with van der Waals surface area (Å²) in [5.74, 6) is -0.814. The van der Waals surface area contributed by atoms with Crippen LogP contribution in [-0.4, -0.2) is 8.42 Å². The number of nitrogens with one attached hydrogen (secondary N) is 1. The summed E-state index contributed by atoms with van der Waals surface area (Å²) in [6.07, 6.45) is 0. The van der Waals surface area contributed by atoms with Crippen molar-refractivity contribution in [3.8, 4) is 0 Å². The highest BCUT2D eigenvalue weighted by Gasteiger charge is 2.18. The van der Waals surface area contributed by atoms with Crippen molar-refractivity contribution in [2.24, 2.45) is 0 Å². The summed E-state index contributed by atoms with van der Waals surface area (Å²) >= 11 is 8.81. The summed E-state index contributed by atoms with van der Waals surface area (Å²) in [6, 6.07) is 8.90. The van der Waals surface area contributed by atoms with Crippen LogP contribution < -0.4 is 4.72 Å². The molecule has 106 valence electrons. The van der Waals surface area contributed by atoms with Gasteiger partial charge in [0.15, 0.2) is 5.82 Å². The molecule has 2 aromatic carbocycles. The first kappa shape index (κ1) is 15.3. The number of halogens is 3. The lowest BCUT2D eigenvalue weighted by atomic mass is 10.2. The minimum Gasteiger partial charge on any atom is -0.277 e. The summed E-state index contributed by atoms with van der Waals surface area (Å²) in [5.41, 5.74) is 0.727. The Morgan fingerprint density at radius 3 is 2.40 bits per heavy atom. The van der Waals surface area contributed by atoms with Gasteiger partial charge < -0.3 is 0 Å². The molecule has 20 heavy (non-hydrogen) atoms. The fourth-order valence-corrected chi connectivity index (χ4v) is 3.41. The van der Waals surface area contributed by atoms with E-state index in [9.17, 15) is 12.8 Å². The van der Waals surface area contributed by atoms with Gasteiger partial charge in [0.1, 0.15) is 0 Å². The summed E-state index contributed by atoms with van der Waals surface area (Å²) in [7, 11) is -3.86. The van der Waals surface area contributed by atoms with Gasteiger partial charge in [0.25, 0.3) is 10.0 Å². The van der Waals surface area contributed by atoms with Gasteiger partial charge in [-0.25, -0.2) is 12.8 Å². The quantitative estimate of drug-likeness (QED) is 0.807. The number of benzene rings is 2. The van der Waals surface area contributed by atoms with Crippen molar-refractivity contribution in [1.29, 1.82) is 0 Å². The van der Waals surface area contributed by atoms with Gasteiger partial charge >= 0.3 is 0 Å². The average molecular weight is 379 g/mol. The summed E-state index contributed by atoms with van der Waals surface area (Å²) in [4.78, 5) is 0.0543. The molecule has 0 fully saturated rings. The van der Waals surface area contributed by atoms with Crippen LogP contribution in [0.5, 0.6) is 0 Å². The van der Waals surface area contributed by atoms with Gasteiger partial charge in [-0.1, -0.05) is 45.2 Å². The first-order valence-corrected chi connectivity index (χ1v) is 8.19. The van der Waals surface area contributed by atoms with Crippen molar-refractivity contribution in [2.75, 3.05) is 4.72 Å². The van der Waals surface area contributed by atoms with Crippen LogP contribution in [0.15, 0.2) is 45.8 Å². The maximum Gasteiger partial charge on any atom is 0.261 e. The van der Waals surface area contributed by atoms with Crippen LogP contribution >= 0.6 is 27.5 Å². The highest BCUT2D eigenvalue weighted by Crippen LogP contribution is 2.29. The van der Waals surface area contributed by atoms with Crippen LogP contribution in [0.3, 0.4) is 0 Å². The van der Waals surface area contributed by atoms with Crippen LogP contribution in [0, 0.1) is 12.7 Å². The smallest absolute Gasteiger partial charge is 0.261 e. The lowest BCUT2D eigenvalue weighted by molar-refractivity contribution is 0.598. The molecular formula is C13H10BrClFNO2S. The molecule has 0 spiro atoms. The standard InChI is InChI=1S/C13H10BrClFNO2S/c1-8-2-4-10(5-3-8)20(18,19)17-12-7-9(14)6-11(15)13(12)16/h2-7,17H,1H3. The van der Waals surface area contributed by atoms with Crippen LogP contribution in [0.25, 0.3) is 0 Å². The maximum absolute atomic E-state index is 13.8. The lowest BCUT2D eigenvalue weighted by Gasteiger charge is -2.10. The number of sulfonamides is 1. The fourth-order valence-electron chi connectivity index (χ4n) is 1.55. The molecule has 2 aromatic rings. The van der Waals surface area contributed by atoms with Crippen LogP contribution in [0.2, 0.25) is 5.02 Å². The molecule has 0 unspecified atom stereocenters. The first-order chi connectivity index (χ1) is 9.29. The minimum absolute atomic E-state index is 0.0543. The summed E-state index contributed by atoms with van der Waals surface area (Å²) in [5, 5.41) is -0.166. The molecular weight excluding hydrogens is 369 g/mol. The van der Waals surface area contributed by atoms with Gasteiger partial charge in [0.2, 0.25) is 0 Å². The van der Waals surface area contributed by atoms with Crippen molar-refractivity contribution < 1.29 is 12.8 Å². The topological polar surface area (TPSA) is 46.2 Å². The second-order valence-corrected chi connectivity index (χ2v) is 7.17. The van der Waals surface area contributed by atoms with Crippen LogP contribution in [0.4, 0.5) is 10.1 Å². The van der Waals surface area contributed by atoms with E-state index < -0.39 is 15.8 Å². The van der Waals surface area contributed by atoms with Crippen LogP contribution in [-0.2, 0) is 10.0 Å². The molecule has 7 heteroatoms. The van der Waals surface area contributed by atoms with Gasteiger partial charge in [-0.15, -0.1) is 0 Å². The average Bonchev–Trinajstić information content (AvgIpc) is 2.35. The van der Waals surface area contributed by atoms with Crippen molar-refractivity contribution in [1.82, 2.24) is 0 Å². The molecule has 0 aromatic heterocycles. The van der Waals surface area contributed by atoms with E-state index in [1.807, 2.05) is 6.92 Å². The SMILES string of the molecule is Cc1ccc(S(=O)(=O)Nc2cc(Br)cc(Cl)c2F)cc1. The second kappa shape index (κ2) is 5.71. The van der Waals surface area contributed by atoms with E-state index in [1.165, 1.54) is 24.3 Å². The Balaban J connectivity index is 2.41. The lowest BCUT2D eigenvalue weighted by Crippen LogP contribution is -2.14. The third-order valence-corrected chi connectivity index (χ3v) is 4.68. The third-order valence-electron chi connectivity index (χ3n) is 2.57. The Morgan fingerprint density at radius 2 is 1.80 bits per heavy atom. The molecule has 0 radical (unpaired) electrons. The van der Waals surface area contributed by atoms with Gasteiger partial charge in [0.05, 0.1) is 15.6 Å². The van der Waals surface area contributed by atoms with E-state index in [1.54, 1.807) is 12.1 Å². The normalized spacial score (nSPS) is 11.4. The molecule has 0 atom stereocenters. The largest absolute Gasteiger partial charge is 0.277 e. The predicted molar refractivity (Wildman–Crippen MR) is 81.1 cm³/mol. The Hall–Kier alpha value is -1.11. The Bertz CT molecular complexity index is 748. The van der Waals surface area contributed by atoms with E-state index in [4.69, 9.17) is 11.6 Å². The van der Waals surface area contributed by atoms with Crippen molar-refractivity contribution in [2.45, 2.75) is 11.8 Å².